The van der Waals surface area contributed by atoms with Crippen LogP contribution in [-0.4, -0.2) is 37.0 Å². The van der Waals surface area contributed by atoms with Crippen molar-refractivity contribution >= 4 is 95.6 Å². The number of azo groups is 3. The van der Waals surface area contributed by atoms with Crippen molar-refractivity contribution < 1.29 is 151 Å². The van der Waals surface area contributed by atoms with Gasteiger partial charge in [0.25, 0.3) is 0 Å². The summed E-state index contributed by atoms with van der Waals surface area (Å²) in [5, 5.41) is 79.3. The molecule has 0 heterocycles. The summed E-state index contributed by atoms with van der Waals surface area (Å²) in [5.74, 6) is 0.714. The summed E-state index contributed by atoms with van der Waals surface area (Å²) in [6, 6.07) is 28.6. The first-order valence-electron chi connectivity index (χ1n) is 18.6. The number of methoxy groups -OCH3 is 1. The van der Waals surface area contributed by atoms with E-state index in [-0.39, 0.29) is 139 Å². The van der Waals surface area contributed by atoms with E-state index < -0.39 is 15.0 Å². The number of aromatic hydroxyl groups is 2. The maximum Gasteiger partial charge on any atom is 1.00 e. The van der Waals surface area contributed by atoms with Gasteiger partial charge in [0.2, 0.25) is 0 Å². The molecule has 0 saturated carbocycles. The summed E-state index contributed by atoms with van der Waals surface area (Å²) in [6.07, 6.45) is 0. The van der Waals surface area contributed by atoms with Crippen molar-refractivity contribution in [3.8, 4) is 23.0 Å². The normalized spacial score (nSPS) is 11.5. The van der Waals surface area contributed by atoms with Gasteiger partial charge in [-0.1, -0.05) is 6.07 Å². The summed E-state index contributed by atoms with van der Waals surface area (Å²) in [7, 11) is -3.48. The van der Waals surface area contributed by atoms with Crippen LogP contribution >= 0.6 is 24.1 Å². The largest absolute Gasteiger partial charge is 1.00 e. The van der Waals surface area contributed by atoms with Crippen LogP contribution in [0.3, 0.4) is 0 Å². The van der Waals surface area contributed by atoms with Crippen LogP contribution in [0, 0.1) is 13.8 Å². The molecule has 26 heteroatoms. The fourth-order valence-corrected chi connectivity index (χ4v) is 7.96. The van der Waals surface area contributed by atoms with Crippen LogP contribution in [0.2, 0.25) is 0 Å². The second-order valence-corrected chi connectivity index (χ2v) is 16.4. The van der Waals surface area contributed by atoms with E-state index in [9.17, 15) is 33.7 Å². The molecule has 68 heavy (non-hydrogen) atoms. The van der Waals surface area contributed by atoms with Gasteiger partial charge in [-0.2, -0.15) is 29.1 Å². The summed E-state index contributed by atoms with van der Waals surface area (Å²) >= 11 is 0.990. The Labute approximate surface area is 462 Å². The number of phenols is 2. The Morgan fingerprint density at radius 2 is 1.31 bits per heavy atom. The molecule has 7 aromatic carbocycles. The van der Waals surface area contributed by atoms with Gasteiger partial charge in [0, 0.05) is 27.4 Å². The van der Waals surface area contributed by atoms with Gasteiger partial charge in [-0.3, -0.25) is 10.1 Å². The molecule has 3 N–H and O–H groups in total. The van der Waals surface area contributed by atoms with Crippen LogP contribution in [0.25, 0.3) is 21.5 Å². The molecule has 0 aliphatic rings. The first kappa shape index (κ1) is 56.8. The van der Waals surface area contributed by atoms with Crippen molar-refractivity contribution in [3.05, 3.63) is 120 Å². The van der Waals surface area contributed by atoms with Gasteiger partial charge in [-0.25, -0.2) is 8.42 Å². The SMILES string of the molecule is COc1cc(N=Nc2ccc(N=Nc3ccc4cc(SOO[O-])cc(S(=O)(=O)[O-])c4c3)c(C)c2)c(C)cc1N=Nc1c(SOO[O-])cc2cc(NCOc3ccc(O)cc3)ccc2c1O.[Na+].[Na+].[Na+]. The molecule has 0 bridgehead atoms. The first-order valence-corrected chi connectivity index (χ1v) is 21.5. The minimum Gasteiger partial charge on any atom is -0.744 e. The molecule has 0 aromatic heterocycles. The smallest absolute Gasteiger partial charge is 0.744 e. The van der Waals surface area contributed by atoms with Gasteiger partial charge in [-0.05, 0) is 133 Å². The average Bonchev–Trinajstić information content (AvgIpc) is 3.29. The number of nitrogens with one attached hydrogen (secondary N) is 1. The molecule has 0 amide bonds. The third kappa shape index (κ3) is 14.6. The van der Waals surface area contributed by atoms with Crippen LogP contribution in [0.5, 0.6) is 23.0 Å². The van der Waals surface area contributed by atoms with Crippen LogP contribution in [0.1, 0.15) is 11.1 Å². The molecule has 0 spiro atoms. The van der Waals surface area contributed by atoms with E-state index in [4.69, 9.17) is 9.47 Å². The van der Waals surface area contributed by atoms with Crippen molar-refractivity contribution in [1.29, 1.82) is 0 Å². The van der Waals surface area contributed by atoms with Gasteiger partial charge < -0.3 is 40.1 Å². The molecule has 20 nitrogen and oxygen atoms in total. The number of fused-ring (bicyclic) bond motifs is 2. The number of hydrogen-bond donors (Lipinski definition) is 3. The molecule has 0 saturated heterocycles. The molecule has 0 fully saturated rings. The summed E-state index contributed by atoms with van der Waals surface area (Å²) in [5.41, 5.74) is 3.99. The molecule has 0 atom stereocenters. The van der Waals surface area contributed by atoms with Crippen molar-refractivity contribution in [3.63, 3.8) is 0 Å². The third-order valence-electron chi connectivity index (χ3n) is 9.34. The Morgan fingerprint density at radius 1 is 0.647 bits per heavy atom. The molecule has 334 valence electrons. The number of aryl methyl sites for hydroxylation is 2. The monoisotopic (exact) mass is 1010 g/mol. The quantitative estimate of drug-likeness (QED) is 0.0206. The predicted molar refractivity (Wildman–Crippen MR) is 232 cm³/mol. The van der Waals surface area contributed by atoms with Gasteiger partial charge in [0.15, 0.2) is 12.5 Å². The van der Waals surface area contributed by atoms with E-state index in [1.807, 2.05) is 0 Å². The number of benzene rings is 7. The van der Waals surface area contributed by atoms with Gasteiger partial charge in [0.05, 0.1) is 63.7 Å². The minimum absolute atomic E-state index is 0. The fourth-order valence-electron chi connectivity index (χ4n) is 6.23. The Hall–Kier alpha value is -3.77. The summed E-state index contributed by atoms with van der Waals surface area (Å²) < 4.78 is 56.3. The minimum atomic E-state index is -4.92. The second-order valence-electron chi connectivity index (χ2n) is 13.6. The summed E-state index contributed by atoms with van der Waals surface area (Å²) in [6.45, 7) is 3.69. The second kappa shape index (κ2) is 26.4. The number of anilines is 1. The van der Waals surface area contributed by atoms with E-state index in [0.29, 0.717) is 85.6 Å². The van der Waals surface area contributed by atoms with Crippen LogP contribution in [0.15, 0.2) is 155 Å². The number of phenolic OH excluding ortho intramolecular Hbond substituents is 2. The zero-order chi connectivity index (χ0) is 46.1. The third-order valence-corrected chi connectivity index (χ3v) is 11.4. The van der Waals surface area contributed by atoms with E-state index in [2.05, 4.69) is 54.7 Å². The molecule has 0 aliphatic heterocycles. The molecule has 0 aliphatic carbocycles. The Morgan fingerprint density at radius 3 is 2.00 bits per heavy atom. The van der Waals surface area contributed by atoms with E-state index in [1.54, 1.807) is 92.7 Å². The average molecular weight is 1010 g/mol. The molecule has 0 unspecified atom stereocenters. The maximum atomic E-state index is 12.0. The van der Waals surface area contributed by atoms with Gasteiger partial charge in [0.1, 0.15) is 38.7 Å². The molecule has 7 rings (SSSR count). The molecular weight excluding hydrogens is 976 g/mol. The number of ether oxygens (including phenoxy) is 2. The zero-order valence-electron chi connectivity index (χ0n) is 36.9. The molecule has 0 radical (unpaired) electrons. The van der Waals surface area contributed by atoms with Crippen molar-refractivity contribution in [2.75, 3.05) is 19.2 Å². The maximum absolute atomic E-state index is 12.0. The fraction of sp³-hybridized carbons (Fsp3) is 0.0952. The van der Waals surface area contributed by atoms with E-state index in [0.717, 1.165) is 6.07 Å². The van der Waals surface area contributed by atoms with Crippen molar-refractivity contribution in [2.24, 2.45) is 30.7 Å². The molecule has 7 aromatic rings. The summed E-state index contributed by atoms with van der Waals surface area (Å²) in [4.78, 5) is -0.155. The first-order chi connectivity index (χ1) is 31.3. The van der Waals surface area contributed by atoms with E-state index >= 15 is 0 Å². The Kier molecular flexibility index (Phi) is 22.1. The predicted octanol–water partition coefficient (Wildman–Crippen LogP) is 1.10. The van der Waals surface area contributed by atoms with Crippen LogP contribution < -0.4 is 114 Å². The zero-order valence-corrected chi connectivity index (χ0v) is 45.3. The van der Waals surface area contributed by atoms with Crippen molar-refractivity contribution in [1.82, 2.24) is 0 Å². The van der Waals surface area contributed by atoms with Crippen molar-refractivity contribution in [2.45, 2.75) is 28.5 Å². The number of rotatable bonds is 18. The van der Waals surface area contributed by atoms with Gasteiger partial charge >= 0.3 is 88.7 Å². The Bertz CT molecular complexity index is 3100. The van der Waals surface area contributed by atoms with Crippen LogP contribution in [0.4, 0.5) is 39.8 Å². The topological polar surface area (TPSA) is 285 Å². The standard InChI is InChI=1S/C42H35N7O13S3.3Na/c1-23-14-28(7-13-35(23)46-45-29-5-4-25-17-32(63-61-59-52)20-40(34(25)19-29)65(54,55)56)44-47-36-21-38(57-3)37(15-24(36)2)48-49-41-39(64-62-60-53)18-26-16-27(6-12-33(26)42(41)51)43-22-58-31-10-8-30(50)9-11-31;;;/h4-21,43,50-53H,22H2,1-3H3,(H,54,55,56);;;/q;3*+1/p-3. The van der Waals surface area contributed by atoms with Gasteiger partial charge in [-0.15, -0.1) is 10.2 Å². The number of hydrogen-bond acceptors (Lipinski definition) is 22. The van der Waals surface area contributed by atoms with E-state index in [1.165, 1.54) is 31.4 Å². The Balaban J connectivity index is 0.00000336. The number of nitrogens with zero attached hydrogens (tertiary/aromatic N) is 6. The molecular formula is C42H32N7Na3O13S3. The van der Waals surface area contributed by atoms with Crippen LogP contribution in [-0.2, 0) is 28.9 Å².